The lowest BCUT2D eigenvalue weighted by Gasteiger charge is -2.35. The standard InChI is InChI=1S/C15H27N5/c1-12(15-3-7-17-18(15)2)20-10-6-14(11-20)19-8-4-13(16)5-9-19/h3,7,12-14H,4-6,8-11,16H2,1-2H3. The van der Waals surface area contributed by atoms with E-state index in [-0.39, 0.29) is 0 Å². The molecule has 0 aliphatic carbocycles. The Kier molecular flexibility index (Phi) is 4.10. The maximum absolute atomic E-state index is 6.01. The molecule has 2 fully saturated rings. The maximum atomic E-state index is 6.01. The van der Waals surface area contributed by atoms with Gasteiger partial charge in [-0.25, -0.2) is 0 Å². The molecule has 2 N–H and O–H groups in total. The van der Waals surface area contributed by atoms with Crippen LogP contribution in [0.3, 0.4) is 0 Å². The van der Waals surface area contributed by atoms with Crippen LogP contribution < -0.4 is 5.73 Å². The van der Waals surface area contributed by atoms with Gasteiger partial charge < -0.3 is 5.73 Å². The van der Waals surface area contributed by atoms with Gasteiger partial charge in [0.25, 0.3) is 0 Å². The normalized spacial score (nSPS) is 28.1. The van der Waals surface area contributed by atoms with Crippen LogP contribution in [0.25, 0.3) is 0 Å². The van der Waals surface area contributed by atoms with Crippen molar-refractivity contribution in [3.8, 4) is 0 Å². The van der Waals surface area contributed by atoms with Gasteiger partial charge in [-0.05, 0) is 45.3 Å². The number of aromatic nitrogens is 2. The van der Waals surface area contributed by atoms with Crippen LogP contribution in [-0.2, 0) is 7.05 Å². The maximum Gasteiger partial charge on any atom is 0.0549 e. The van der Waals surface area contributed by atoms with Crippen molar-refractivity contribution in [2.24, 2.45) is 12.8 Å². The molecule has 20 heavy (non-hydrogen) atoms. The van der Waals surface area contributed by atoms with E-state index in [0.29, 0.717) is 12.1 Å². The minimum Gasteiger partial charge on any atom is -0.328 e. The zero-order chi connectivity index (χ0) is 14.1. The van der Waals surface area contributed by atoms with E-state index in [0.717, 1.165) is 18.9 Å². The van der Waals surface area contributed by atoms with Gasteiger partial charge in [-0.2, -0.15) is 5.10 Å². The Balaban J connectivity index is 1.58. The third-order valence-corrected chi connectivity index (χ3v) is 5.12. The van der Waals surface area contributed by atoms with Crippen molar-refractivity contribution in [2.45, 2.75) is 44.3 Å². The predicted octanol–water partition coefficient (Wildman–Crippen LogP) is 0.979. The second-order valence-electron chi connectivity index (χ2n) is 6.37. The first-order valence-electron chi connectivity index (χ1n) is 7.86. The van der Waals surface area contributed by atoms with E-state index < -0.39 is 0 Å². The number of rotatable bonds is 3. The highest BCUT2D eigenvalue weighted by Gasteiger charge is 2.32. The number of hydrogen-bond donors (Lipinski definition) is 1. The summed E-state index contributed by atoms with van der Waals surface area (Å²) in [6, 6.07) is 3.74. The van der Waals surface area contributed by atoms with Crippen molar-refractivity contribution in [3.63, 3.8) is 0 Å². The summed E-state index contributed by atoms with van der Waals surface area (Å²) in [5, 5.41) is 4.29. The van der Waals surface area contributed by atoms with Crippen molar-refractivity contribution in [2.75, 3.05) is 26.2 Å². The van der Waals surface area contributed by atoms with Crippen molar-refractivity contribution in [1.29, 1.82) is 0 Å². The van der Waals surface area contributed by atoms with Gasteiger partial charge in [-0.1, -0.05) is 0 Å². The van der Waals surface area contributed by atoms with Gasteiger partial charge in [0.1, 0.15) is 0 Å². The van der Waals surface area contributed by atoms with Crippen LogP contribution in [0, 0.1) is 0 Å². The minimum atomic E-state index is 0.428. The number of hydrogen-bond acceptors (Lipinski definition) is 4. The molecule has 1 aromatic rings. The summed E-state index contributed by atoms with van der Waals surface area (Å²) in [5.74, 6) is 0. The minimum absolute atomic E-state index is 0.428. The van der Waals surface area contributed by atoms with Gasteiger partial charge in [-0.3, -0.25) is 14.5 Å². The topological polar surface area (TPSA) is 50.3 Å². The highest BCUT2D eigenvalue weighted by atomic mass is 15.3. The van der Waals surface area contributed by atoms with E-state index in [4.69, 9.17) is 5.73 Å². The van der Waals surface area contributed by atoms with Crippen LogP contribution in [0.15, 0.2) is 12.3 Å². The van der Waals surface area contributed by atoms with Crippen molar-refractivity contribution < 1.29 is 0 Å². The summed E-state index contributed by atoms with van der Waals surface area (Å²) in [7, 11) is 2.03. The number of nitrogens with two attached hydrogens (primary N) is 1. The van der Waals surface area contributed by atoms with Gasteiger partial charge >= 0.3 is 0 Å². The summed E-state index contributed by atoms with van der Waals surface area (Å²) < 4.78 is 2.00. The molecule has 5 nitrogen and oxygen atoms in total. The number of nitrogens with zero attached hydrogens (tertiary/aromatic N) is 4. The molecule has 2 aliphatic heterocycles. The Morgan fingerprint density at radius 1 is 1.25 bits per heavy atom. The highest BCUT2D eigenvalue weighted by molar-refractivity contribution is 5.07. The molecule has 0 aromatic carbocycles. The van der Waals surface area contributed by atoms with Crippen molar-refractivity contribution in [3.05, 3.63) is 18.0 Å². The van der Waals surface area contributed by atoms with Gasteiger partial charge in [0, 0.05) is 44.5 Å². The van der Waals surface area contributed by atoms with E-state index in [9.17, 15) is 0 Å². The Bertz CT molecular complexity index is 435. The molecule has 0 bridgehead atoms. The zero-order valence-corrected chi connectivity index (χ0v) is 12.7. The molecule has 0 spiro atoms. The van der Waals surface area contributed by atoms with E-state index >= 15 is 0 Å². The fourth-order valence-corrected chi connectivity index (χ4v) is 3.68. The first-order chi connectivity index (χ1) is 9.65. The molecule has 5 heteroatoms. The van der Waals surface area contributed by atoms with Crippen LogP contribution in [0.2, 0.25) is 0 Å². The Labute approximate surface area is 121 Å². The van der Waals surface area contributed by atoms with Gasteiger partial charge in [0.15, 0.2) is 0 Å². The molecular weight excluding hydrogens is 250 g/mol. The average Bonchev–Trinajstić information content (AvgIpc) is 3.08. The van der Waals surface area contributed by atoms with Crippen LogP contribution in [0.4, 0.5) is 0 Å². The fraction of sp³-hybridized carbons (Fsp3) is 0.800. The quantitative estimate of drug-likeness (QED) is 0.895. The average molecular weight is 277 g/mol. The van der Waals surface area contributed by atoms with Crippen molar-refractivity contribution >= 4 is 0 Å². The largest absolute Gasteiger partial charge is 0.328 e. The molecule has 1 aromatic heterocycles. The van der Waals surface area contributed by atoms with E-state index in [2.05, 4.69) is 27.9 Å². The van der Waals surface area contributed by atoms with Gasteiger partial charge in [0.05, 0.1) is 5.69 Å². The van der Waals surface area contributed by atoms with Crippen LogP contribution in [-0.4, -0.2) is 57.8 Å². The van der Waals surface area contributed by atoms with Crippen LogP contribution in [0.5, 0.6) is 0 Å². The number of aryl methyl sites for hydroxylation is 1. The number of piperidine rings is 1. The molecule has 0 amide bonds. The SMILES string of the molecule is CC(c1ccnn1C)N1CCC(N2CCC(N)CC2)C1. The third kappa shape index (κ3) is 2.75. The fourth-order valence-electron chi connectivity index (χ4n) is 3.68. The smallest absolute Gasteiger partial charge is 0.0549 e. The molecule has 3 heterocycles. The highest BCUT2D eigenvalue weighted by Crippen LogP contribution is 2.27. The molecule has 2 aliphatic rings. The van der Waals surface area contributed by atoms with Gasteiger partial charge in [0.2, 0.25) is 0 Å². The first kappa shape index (κ1) is 14.0. The molecule has 2 saturated heterocycles. The summed E-state index contributed by atoms with van der Waals surface area (Å²) in [6.45, 7) is 7.03. The summed E-state index contributed by atoms with van der Waals surface area (Å²) in [6.07, 6.45) is 5.50. The second kappa shape index (κ2) is 5.84. The summed E-state index contributed by atoms with van der Waals surface area (Å²) in [5.41, 5.74) is 7.32. The van der Waals surface area contributed by atoms with E-state index in [1.807, 2.05) is 17.9 Å². The molecule has 0 saturated carbocycles. The van der Waals surface area contributed by atoms with E-state index in [1.165, 1.54) is 38.3 Å². The van der Waals surface area contributed by atoms with Gasteiger partial charge in [-0.15, -0.1) is 0 Å². The predicted molar refractivity (Wildman–Crippen MR) is 80.4 cm³/mol. The van der Waals surface area contributed by atoms with E-state index in [1.54, 1.807) is 0 Å². The summed E-state index contributed by atoms with van der Waals surface area (Å²) in [4.78, 5) is 5.25. The molecule has 3 rings (SSSR count). The van der Waals surface area contributed by atoms with Crippen LogP contribution >= 0.6 is 0 Å². The zero-order valence-electron chi connectivity index (χ0n) is 12.7. The molecule has 0 radical (unpaired) electrons. The molecule has 112 valence electrons. The molecular formula is C15H27N5. The lowest BCUT2D eigenvalue weighted by Crippen LogP contribution is -2.46. The molecule has 2 unspecified atom stereocenters. The monoisotopic (exact) mass is 277 g/mol. The third-order valence-electron chi connectivity index (χ3n) is 5.12. The first-order valence-corrected chi connectivity index (χ1v) is 7.86. The second-order valence-corrected chi connectivity index (χ2v) is 6.37. The van der Waals surface area contributed by atoms with Crippen molar-refractivity contribution in [1.82, 2.24) is 19.6 Å². The lowest BCUT2D eigenvalue weighted by molar-refractivity contribution is 0.145. The Hall–Kier alpha value is -0.910. The Morgan fingerprint density at radius 3 is 2.65 bits per heavy atom. The lowest BCUT2D eigenvalue weighted by atomic mass is 10.0. The molecule has 2 atom stereocenters. The number of likely N-dealkylation sites (tertiary alicyclic amines) is 2. The van der Waals surface area contributed by atoms with Crippen LogP contribution in [0.1, 0.15) is 37.9 Å². The Morgan fingerprint density at radius 2 is 2.00 bits per heavy atom. The summed E-state index contributed by atoms with van der Waals surface area (Å²) >= 11 is 0.